The van der Waals surface area contributed by atoms with Crippen LogP contribution in [0.25, 0.3) is 0 Å². The van der Waals surface area contributed by atoms with Gasteiger partial charge in [0, 0.05) is 12.0 Å². The van der Waals surface area contributed by atoms with Gasteiger partial charge in [-0.25, -0.2) is 12.8 Å². The van der Waals surface area contributed by atoms with Crippen LogP contribution in [-0.4, -0.2) is 63.0 Å². The lowest BCUT2D eigenvalue weighted by molar-refractivity contribution is -0.925. The average molecular weight is 341 g/mol. The molecule has 0 aromatic heterocycles. The normalized spacial score (nSPS) is 24.8. The van der Waals surface area contributed by atoms with Crippen LogP contribution in [-0.2, 0) is 9.84 Å². The first-order valence-corrected chi connectivity index (χ1v) is 9.78. The number of nitrogens with zero attached hydrogens (tertiary/aromatic N) is 1. The third-order valence-electron chi connectivity index (χ3n) is 4.92. The van der Waals surface area contributed by atoms with Crippen molar-refractivity contribution in [2.45, 2.75) is 19.4 Å². The fourth-order valence-electron chi connectivity index (χ4n) is 3.43. The highest BCUT2D eigenvalue weighted by Gasteiger charge is 2.37. The molecule has 3 rings (SSSR count). The van der Waals surface area contributed by atoms with Crippen LogP contribution in [0.1, 0.15) is 22.3 Å². The first-order chi connectivity index (χ1) is 10.9. The number of carbonyl (C=O) groups excluding carboxylic acids is 1. The van der Waals surface area contributed by atoms with Gasteiger partial charge in [0.2, 0.25) is 0 Å². The van der Waals surface area contributed by atoms with Crippen LogP contribution in [0, 0.1) is 12.7 Å². The van der Waals surface area contributed by atoms with Crippen molar-refractivity contribution in [1.82, 2.24) is 4.90 Å². The van der Waals surface area contributed by atoms with Gasteiger partial charge in [0.05, 0.1) is 31.9 Å². The van der Waals surface area contributed by atoms with Crippen LogP contribution in [0.5, 0.6) is 0 Å². The quantitative estimate of drug-likeness (QED) is 0.801. The zero-order chi connectivity index (χ0) is 16.6. The zero-order valence-corrected chi connectivity index (χ0v) is 14.0. The largest absolute Gasteiger partial charge is 0.329 e. The number of piperazine rings is 1. The number of sulfone groups is 1. The molecule has 1 atom stereocenters. The summed E-state index contributed by atoms with van der Waals surface area (Å²) >= 11 is 0. The number of amides is 1. The van der Waals surface area contributed by atoms with Gasteiger partial charge >= 0.3 is 0 Å². The molecule has 0 aliphatic carbocycles. The molecule has 1 aromatic carbocycles. The third-order valence-corrected chi connectivity index (χ3v) is 6.69. The molecule has 1 aromatic rings. The summed E-state index contributed by atoms with van der Waals surface area (Å²) in [6.07, 6.45) is 0.717. The molecule has 5 nitrogen and oxygen atoms in total. The lowest BCUT2D eigenvalue weighted by atomic mass is 10.1. The van der Waals surface area contributed by atoms with Gasteiger partial charge in [-0.2, -0.15) is 0 Å². The molecule has 23 heavy (non-hydrogen) atoms. The second kappa shape index (κ2) is 6.20. The Morgan fingerprint density at radius 3 is 2.57 bits per heavy atom. The second-order valence-electron chi connectivity index (χ2n) is 6.51. The molecule has 1 N–H and O–H groups in total. The number of quaternary nitrogens is 1. The van der Waals surface area contributed by atoms with E-state index in [2.05, 4.69) is 0 Å². The Labute approximate surface area is 136 Å². The first-order valence-electron chi connectivity index (χ1n) is 7.96. The van der Waals surface area contributed by atoms with Gasteiger partial charge in [-0.3, -0.25) is 4.79 Å². The Kier molecular flexibility index (Phi) is 4.42. The van der Waals surface area contributed by atoms with E-state index < -0.39 is 9.84 Å². The molecule has 2 heterocycles. The minimum absolute atomic E-state index is 0.151. The van der Waals surface area contributed by atoms with Crippen molar-refractivity contribution in [3.8, 4) is 0 Å². The number of carbonyl (C=O) groups is 1. The number of aryl methyl sites for hydroxylation is 1. The van der Waals surface area contributed by atoms with Crippen molar-refractivity contribution >= 4 is 15.7 Å². The predicted molar refractivity (Wildman–Crippen MR) is 84.8 cm³/mol. The Hall–Kier alpha value is -1.47. The number of nitrogens with one attached hydrogen (secondary N) is 1. The Bertz CT molecular complexity index is 712. The lowest BCUT2D eigenvalue weighted by Gasteiger charge is -2.35. The van der Waals surface area contributed by atoms with E-state index in [-0.39, 0.29) is 29.3 Å². The van der Waals surface area contributed by atoms with E-state index >= 15 is 0 Å². The molecule has 0 spiro atoms. The highest BCUT2D eigenvalue weighted by molar-refractivity contribution is 7.91. The summed E-state index contributed by atoms with van der Waals surface area (Å²) in [5.74, 6) is 0.0320. The smallest absolute Gasteiger partial charge is 0.254 e. The average Bonchev–Trinajstić information content (AvgIpc) is 2.89. The molecule has 2 saturated heterocycles. The SMILES string of the molecule is Cc1ccc(C(=O)N2CC[NH+]([C@H]3CCS(=O)(=O)C3)CC2)cc1F. The Balaban J connectivity index is 1.60. The summed E-state index contributed by atoms with van der Waals surface area (Å²) in [4.78, 5) is 15.5. The summed E-state index contributed by atoms with van der Waals surface area (Å²) < 4.78 is 36.8. The van der Waals surface area contributed by atoms with E-state index in [1.807, 2.05) is 0 Å². The minimum atomic E-state index is -2.87. The van der Waals surface area contributed by atoms with Crippen molar-refractivity contribution < 1.29 is 22.5 Å². The molecule has 2 aliphatic rings. The molecule has 7 heteroatoms. The van der Waals surface area contributed by atoms with E-state index in [1.165, 1.54) is 11.0 Å². The van der Waals surface area contributed by atoms with Gasteiger partial charge in [-0.15, -0.1) is 0 Å². The van der Waals surface area contributed by atoms with Gasteiger partial charge in [-0.1, -0.05) is 6.07 Å². The molecule has 0 saturated carbocycles. The van der Waals surface area contributed by atoms with Crippen LogP contribution in [0.4, 0.5) is 4.39 Å². The maximum Gasteiger partial charge on any atom is 0.254 e. The van der Waals surface area contributed by atoms with Crippen LogP contribution in [0.3, 0.4) is 0 Å². The summed E-state index contributed by atoms with van der Waals surface area (Å²) in [7, 11) is -2.87. The number of rotatable bonds is 2. The molecular formula is C16H22FN2O3S+. The second-order valence-corrected chi connectivity index (χ2v) is 8.74. The van der Waals surface area contributed by atoms with E-state index in [0.717, 1.165) is 19.5 Å². The molecule has 0 bridgehead atoms. The van der Waals surface area contributed by atoms with Gasteiger partial charge in [0.25, 0.3) is 5.91 Å². The standard InChI is InChI=1S/C16H21FN2O3S/c1-12-2-3-13(10-15(12)17)16(20)19-7-5-18(6-8-19)14-4-9-23(21,22)11-14/h2-3,10,14H,4-9,11H2,1H3/p+1/t14-/m0/s1. The first kappa shape index (κ1) is 16.4. The highest BCUT2D eigenvalue weighted by Crippen LogP contribution is 2.13. The number of benzene rings is 1. The number of hydrogen-bond donors (Lipinski definition) is 1. The molecule has 2 aliphatic heterocycles. The third kappa shape index (κ3) is 3.55. The van der Waals surface area contributed by atoms with Gasteiger partial charge in [-0.05, 0) is 24.6 Å². The lowest BCUT2D eigenvalue weighted by Crippen LogP contribution is -3.18. The van der Waals surface area contributed by atoms with Crippen LogP contribution in [0.15, 0.2) is 18.2 Å². The molecule has 2 fully saturated rings. The maximum atomic E-state index is 13.6. The topological polar surface area (TPSA) is 58.9 Å². The summed E-state index contributed by atoms with van der Waals surface area (Å²) in [6.45, 7) is 4.34. The summed E-state index contributed by atoms with van der Waals surface area (Å²) in [5.41, 5.74) is 0.901. The number of halogens is 1. The van der Waals surface area contributed by atoms with Gasteiger partial charge in [0.1, 0.15) is 17.6 Å². The van der Waals surface area contributed by atoms with E-state index in [1.54, 1.807) is 24.0 Å². The van der Waals surface area contributed by atoms with Crippen molar-refractivity contribution in [1.29, 1.82) is 0 Å². The summed E-state index contributed by atoms with van der Waals surface area (Å²) in [5, 5.41) is 0. The Morgan fingerprint density at radius 2 is 2.00 bits per heavy atom. The number of hydrogen-bond acceptors (Lipinski definition) is 3. The Morgan fingerprint density at radius 1 is 1.30 bits per heavy atom. The van der Waals surface area contributed by atoms with Crippen molar-refractivity contribution in [2.24, 2.45) is 0 Å². The maximum absolute atomic E-state index is 13.6. The highest BCUT2D eigenvalue weighted by atomic mass is 32.2. The molecule has 0 radical (unpaired) electrons. The monoisotopic (exact) mass is 341 g/mol. The fourth-order valence-corrected chi connectivity index (χ4v) is 5.26. The van der Waals surface area contributed by atoms with Crippen molar-refractivity contribution in [3.63, 3.8) is 0 Å². The van der Waals surface area contributed by atoms with Crippen LogP contribution < -0.4 is 4.90 Å². The van der Waals surface area contributed by atoms with Crippen molar-refractivity contribution in [2.75, 3.05) is 37.7 Å². The summed E-state index contributed by atoms with van der Waals surface area (Å²) in [6, 6.07) is 4.73. The van der Waals surface area contributed by atoms with Crippen LogP contribution in [0.2, 0.25) is 0 Å². The van der Waals surface area contributed by atoms with Crippen LogP contribution >= 0.6 is 0 Å². The minimum Gasteiger partial charge on any atom is -0.329 e. The van der Waals surface area contributed by atoms with E-state index in [4.69, 9.17) is 0 Å². The molecule has 1 amide bonds. The molecule has 126 valence electrons. The van der Waals surface area contributed by atoms with E-state index in [9.17, 15) is 17.6 Å². The van der Waals surface area contributed by atoms with E-state index in [0.29, 0.717) is 24.2 Å². The fraction of sp³-hybridized carbons (Fsp3) is 0.562. The van der Waals surface area contributed by atoms with Gasteiger partial charge in [0.15, 0.2) is 9.84 Å². The zero-order valence-electron chi connectivity index (χ0n) is 13.2. The predicted octanol–water partition coefficient (Wildman–Crippen LogP) is -0.338. The molecule has 0 unspecified atom stereocenters. The molecular weight excluding hydrogens is 319 g/mol. The van der Waals surface area contributed by atoms with Crippen molar-refractivity contribution in [3.05, 3.63) is 35.1 Å². The van der Waals surface area contributed by atoms with Gasteiger partial charge < -0.3 is 9.80 Å².